The van der Waals surface area contributed by atoms with Gasteiger partial charge in [0.1, 0.15) is 0 Å². The summed E-state index contributed by atoms with van der Waals surface area (Å²) in [6.45, 7) is 1.08. The van der Waals surface area contributed by atoms with Gasteiger partial charge in [0.15, 0.2) is 0 Å². The topological polar surface area (TPSA) is 38.0 Å². The third-order valence-electron chi connectivity index (χ3n) is 4.90. The van der Waals surface area contributed by atoms with Crippen molar-refractivity contribution in [1.82, 2.24) is 5.32 Å². The number of nitrogens with one attached hydrogen (secondary N) is 1. The third kappa shape index (κ3) is 7.31. The average Bonchev–Trinajstić information content (AvgIpc) is 2.50. The maximum Gasteiger partial charge on any atom is 0.0316 e. The van der Waals surface area contributed by atoms with Gasteiger partial charge in [0.25, 0.3) is 0 Å². The Bertz CT molecular complexity index is 390. The molecule has 1 aliphatic rings. The van der Waals surface area contributed by atoms with Crippen LogP contribution in [-0.2, 0) is 6.42 Å². The minimum Gasteiger partial charge on any atom is -0.399 e. The number of hydrogen-bond donors (Lipinski definition) is 2. The number of nitrogens with two attached hydrogens (primary N) is 1. The number of hydrogen-bond acceptors (Lipinski definition) is 2. The lowest BCUT2D eigenvalue weighted by Crippen LogP contribution is -2.31. The first kappa shape index (κ1) is 17.3. The Kier molecular flexibility index (Phi) is 8.40. The predicted octanol–water partition coefficient (Wildman–Crippen LogP) is 5.07. The quantitative estimate of drug-likeness (QED) is 0.762. The molecule has 1 fully saturated rings. The summed E-state index contributed by atoms with van der Waals surface area (Å²) in [5.74, 6) is 0. The lowest BCUT2D eigenvalue weighted by molar-refractivity contribution is 0.406. The largest absolute Gasteiger partial charge is 0.399 e. The summed E-state index contributed by atoms with van der Waals surface area (Å²) in [5, 5.41) is 3.80. The van der Waals surface area contributed by atoms with E-state index in [1.165, 1.54) is 76.2 Å². The highest BCUT2D eigenvalue weighted by atomic mass is 14.9. The number of anilines is 1. The molecule has 3 N–H and O–H groups in total. The smallest absolute Gasteiger partial charge is 0.0316 e. The van der Waals surface area contributed by atoms with Crippen molar-refractivity contribution in [3.05, 3.63) is 29.8 Å². The molecule has 0 radical (unpaired) electrons. The predicted molar refractivity (Wildman–Crippen MR) is 97.1 cm³/mol. The van der Waals surface area contributed by atoms with E-state index in [0.29, 0.717) is 0 Å². The van der Waals surface area contributed by atoms with Gasteiger partial charge in [0.05, 0.1) is 0 Å². The standard InChI is InChI=1S/C20H34N2/c21-19-12-10-11-18(17-19)15-16-22-20-13-8-6-4-2-1-3-5-7-9-14-20/h10-12,17,20,22H,1-9,13-16,21H2. The Labute approximate surface area is 136 Å². The zero-order valence-electron chi connectivity index (χ0n) is 14.2. The summed E-state index contributed by atoms with van der Waals surface area (Å²) in [4.78, 5) is 0. The lowest BCUT2D eigenvalue weighted by atomic mass is 9.98. The van der Waals surface area contributed by atoms with Gasteiger partial charge in [0.2, 0.25) is 0 Å². The first-order valence-electron chi connectivity index (χ1n) is 9.42. The normalized spacial score (nSPS) is 19.3. The Balaban J connectivity index is 1.70. The van der Waals surface area contributed by atoms with Crippen LogP contribution < -0.4 is 11.1 Å². The molecule has 0 heterocycles. The molecule has 0 saturated heterocycles. The second-order valence-electron chi connectivity index (χ2n) is 6.91. The summed E-state index contributed by atoms with van der Waals surface area (Å²) in [6, 6.07) is 9.02. The van der Waals surface area contributed by atoms with E-state index in [-0.39, 0.29) is 0 Å². The number of nitrogen functional groups attached to an aromatic ring is 1. The molecule has 1 aromatic carbocycles. The van der Waals surface area contributed by atoms with Crippen molar-refractivity contribution >= 4 is 5.69 Å². The van der Waals surface area contributed by atoms with Gasteiger partial charge in [-0.1, -0.05) is 69.9 Å². The Morgan fingerprint density at radius 3 is 2.05 bits per heavy atom. The highest BCUT2D eigenvalue weighted by Gasteiger charge is 2.08. The van der Waals surface area contributed by atoms with Crippen molar-refractivity contribution in [3.63, 3.8) is 0 Å². The van der Waals surface area contributed by atoms with Gasteiger partial charge >= 0.3 is 0 Å². The fraction of sp³-hybridized carbons (Fsp3) is 0.700. The van der Waals surface area contributed by atoms with E-state index in [2.05, 4.69) is 23.5 Å². The summed E-state index contributed by atoms with van der Waals surface area (Å²) >= 11 is 0. The minimum absolute atomic E-state index is 0.723. The van der Waals surface area contributed by atoms with Crippen molar-refractivity contribution in [2.45, 2.75) is 83.1 Å². The second-order valence-corrected chi connectivity index (χ2v) is 6.91. The molecule has 1 aliphatic carbocycles. The van der Waals surface area contributed by atoms with Crippen molar-refractivity contribution < 1.29 is 0 Å². The molecule has 0 aromatic heterocycles. The highest BCUT2D eigenvalue weighted by Crippen LogP contribution is 2.17. The zero-order valence-corrected chi connectivity index (χ0v) is 14.2. The molecule has 0 atom stereocenters. The van der Waals surface area contributed by atoms with Crippen LogP contribution in [0.5, 0.6) is 0 Å². The highest BCUT2D eigenvalue weighted by molar-refractivity contribution is 5.40. The second kappa shape index (κ2) is 10.7. The fourth-order valence-electron chi connectivity index (χ4n) is 3.54. The molecular formula is C20H34N2. The van der Waals surface area contributed by atoms with Gasteiger partial charge < -0.3 is 11.1 Å². The number of benzene rings is 1. The zero-order chi connectivity index (χ0) is 15.5. The van der Waals surface area contributed by atoms with E-state index >= 15 is 0 Å². The molecule has 1 saturated carbocycles. The van der Waals surface area contributed by atoms with Crippen LogP contribution in [0.1, 0.15) is 76.2 Å². The molecule has 2 nitrogen and oxygen atoms in total. The van der Waals surface area contributed by atoms with Gasteiger partial charge in [-0.2, -0.15) is 0 Å². The average molecular weight is 303 g/mol. The summed E-state index contributed by atoms with van der Waals surface area (Å²) in [5.41, 5.74) is 8.08. The SMILES string of the molecule is Nc1cccc(CCNC2CCCCCCCCCCC2)c1. The summed E-state index contributed by atoms with van der Waals surface area (Å²) < 4.78 is 0. The van der Waals surface area contributed by atoms with Crippen molar-refractivity contribution in [1.29, 1.82) is 0 Å². The van der Waals surface area contributed by atoms with E-state index in [0.717, 1.165) is 24.7 Å². The van der Waals surface area contributed by atoms with Crippen LogP contribution in [0.4, 0.5) is 5.69 Å². The van der Waals surface area contributed by atoms with Gasteiger partial charge in [-0.15, -0.1) is 0 Å². The van der Waals surface area contributed by atoms with Crippen LogP contribution in [0.3, 0.4) is 0 Å². The van der Waals surface area contributed by atoms with Gasteiger partial charge in [-0.25, -0.2) is 0 Å². The van der Waals surface area contributed by atoms with E-state index in [9.17, 15) is 0 Å². The van der Waals surface area contributed by atoms with Crippen LogP contribution in [0.25, 0.3) is 0 Å². The molecular weight excluding hydrogens is 268 g/mol. The lowest BCUT2D eigenvalue weighted by Gasteiger charge is -2.19. The molecule has 22 heavy (non-hydrogen) atoms. The molecule has 124 valence electrons. The van der Waals surface area contributed by atoms with Crippen LogP contribution in [-0.4, -0.2) is 12.6 Å². The Hall–Kier alpha value is -1.02. The fourth-order valence-corrected chi connectivity index (χ4v) is 3.54. The monoisotopic (exact) mass is 302 g/mol. The molecule has 0 amide bonds. The van der Waals surface area contributed by atoms with Crippen LogP contribution in [0.15, 0.2) is 24.3 Å². The van der Waals surface area contributed by atoms with Gasteiger partial charge in [-0.3, -0.25) is 0 Å². The minimum atomic E-state index is 0.723. The molecule has 0 bridgehead atoms. The molecule has 0 aliphatic heterocycles. The van der Waals surface area contributed by atoms with Crippen molar-refractivity contribution in [3.8, 4) is 0 Å². The van der Waals surface area contributed by atoms with Gasteiger partial charge in [0, 0.05) is 11.7 Å². The van der Waals surface area contributed by atoms with E-state index in [1.807, 2.05) is 6.07 Å². The molecule has 1 aromatic rings. The summed E-state index contributed by atoms with van der Waals surface area (Å²) in [7, 11) is 0. The van der Waals surface area contributed by atoms with E-state index in [4.69, 9.17) is 5.73 Å². The van der Waals surface area contributed by atoms with Crippen LogP contribution in [0.2, 0.25) is 0 Å². The first-order valence-corrected chi connectivity index (χ1v) is 9.42. The summed E-state index contributed by atoms with van der Waals surface area (Å²) in [6.07, 6.45) is 16.7. The van der Waals surface area contributed by atoms with Gasteiger partial charge in [-0.05, 0) is 43.5 Å². The van der Waals surface area contributed by atoms with E-state index in [1.54, 1.807) is 0 Å². The maximum absolute atomic E-state index is 5.85. The Morgan fingerprint density at radius 2 is 1.45 bits per heavy atom. The molecule has 2 heteroatoms. The third-order valence-corrected chi connectivity index (χ3v) is 4.90. The van der Waals surface area contributed by atoms with Crippen LogP contribution >= 0.6 is 0 Å². The molecule has 0 spiro atoms. The van der Waals surface area contributed by atoms with Crippen molar-refractivity contribution in [2.24, 2.45) is 0 Å². The van der Waals surface area contributed by atoms with Crippen LogP contribution in [0, 0.1) is 0 Å². The molecule has 2 rings (SSSR count). The number of rotatable bonds is 4. The first-order chi connectivity index (χ1) is 10.8. The Morgan fingerprint density at radius 1 is 0.864 bits per heavy atom. The van der Waals surface area contributed by atoms with E-state index < -0.39 is 0 Å². The maximum atomic E-state index is 5.85. The van der Waals surface area contributed by atoms with Crippen molar-refractivity contribution in [2.75, 3.05) is 12.3 Å². The molecule has 0 unspecified atom stereocenters.